The quantitative estimate of drug-likeness (QED) is 0.617. The van der Waals surface area contributed by atoms with Crippen LogP contribution in [-0.4, -0.2) is 46.0 Å². The molecule has 0 aromatic carbocycles. The van der Waals surface area contributed by atoms with E-state index in [1.165, 1.54) is 17.3 Å². The Morgan fingerprint density at radius 3 is 2.65 bits per heavy atom. The summed E-state index contributed by atoms with van der Waals surface area (Å²) in [6, 6.07) is 3.23. The molecule has 1 fully saturated rings. The van der Waals surface area contributed by atoms with E-state index in [4.69, 9.17) is 0 Å². The van der Waals surface area contributed by atoms with Gasteiger partial charge in [-0.25, -0.2) is 9.97 Å². The van der Waals surface area contributed by atoms with Crippen LogP contribution in [0.2, 0.25) is 0 Å². The lowest BCUT2D eigenvalue weighted by molar-refractivity contribution is -0.385. The smallest absolute Gasteiger partial charge is 0.287 e. The van der Waals surface area contributed by atoms with Gasteiger partial charge in [0.1, 0.15) is 12.0 Å². The molecule has 0 radical (unpaired) electrons. The minimum Gasteiger partial charge on any atom is -0.354 e. The van der Waals surface area contributed by atoms with Crippen LogP contribution < -0.4 is 4.90 Å². The van der Waals surface area contributed by atoms with E-state index in [1.807, 2.05) is 0 Å². The highest BCUT2D eigenvalue weighted by Gasteiger charge is 2.19. The van der Waals surface area contributed by atoms with Gasteiger partial charge in [-0.05, 0) is 12.5 Å². The van der Waals surface area contributed by atoms with Crippen LogP contribution in [0.5, 0.6) is 0 Å². The summed E-state index contributed by atoms with van der Waals surface area (Å²) in [5.74, 6) is 0.803. The first-order chi connectivity index (χ1) is 11.2. The summed E-state index contributed by atoms with van der Waals surface area (Å²) in [5.41, 5.74) is 1.18. The van der Waals surface area contributed by atoms with Crippen molar-refractivity contribution in [3.63, 3.8) is 0 Å². The Morgan fingerprint density at radius 2 is 2.09 bits per heavy atom. The number of pyridine rings is 1. The zero-order valence-corrected chi connectivity index (χ0v) is 13.8. The van der Waals surface area contributed by atoms with Gasteiger partial charge in [-0.2, -0.15) is 0 Å². The van der Waals surface area contributed by atoms with Crippen LogP contribution in [0.25, 0.3) is 0 Å². The van der Waals surface area contributed by atoms with Crippen LogP contribution in [0, 0.1) is 10.1 Å². The molecule has 8 heteroatoms. The normalized spacial score (nSPS) is 15.8. The van der Waals surface area contributed by atoms with Crippen molar-refractivity contribution in [2.75, 3.05) is 31.1 Å². The van der Waals surface area contributed by atoms with Crippen molar-refractivity contribution in [3.8, 4) is 0 Å². The zero-order chi connectivity index (χ0) is 16.2. The number of nitro groups is 1. The molecule has 122 valence electrons. The van der Waals surface area contributed by atoms with Crippen LogP contribution in [-0.2, 0) is 13.0 Å². The van der Waals surface area contributed by atoms with E-state index in [9.17, 15) is 10.1 Å². The van der Waals surface area contributed by atoms with Gasteiger partial charge in [-0.1, -0.05) is 6.92 Å². The van der Waals surface area contributed by atoms with Gasteiger partial charge in [0.15, 0.2) is 0 Å². The van der Waals surface area contributed by atoms with Crippen LogP contribution in [0.1, 0.15) is 17.6 Å². The van der Waals surface area contributed by atoms with E-state index in [1.54, 1.807) is 17.4 Å². The van der Waals surface area contributed by atoms with Gasteiger partial charge in [0.05, 0.1) is 15.6 Å². The molecule has 0 saturated carbocycles. The van der Waals surface area contributed by atoms with Gasteiger partial charge >= 0.3 is 0 Å². The number of aryl methyl sites for hydroxylation is 1. The maximum absolute atomic E-state index is 10.7. The van der Waals surface area contributed by atoms with Crippen molar-refractivity contribution >= 4 is 22.8 Å². The molecule has 1 saturated heterocycles. The van der Waals surface area contributed by atoms with Crippen molar-refractivity contribution in [1.82, 2.24) is 14.9 Å². The van der Waals surface area contributed by atoms with Gasteiger partial charge < -0.3 is 4.90 Å². The summed E-state index contributed by atoms with van der Waals surface area (Å²) in [7, 11) is 0. The molecular weight excluding hydrogens is 314 g/mol. The molecule has 7 nitrogen and oxygen atoms in total. The Morgan fingerprint density at radius 1 is 1.30 bits per heavy atom. The van der Waals surface area contributed by atoms with E-state index < -0.39 is 4.92 Å². The van der Waals surface area contributed by atoms with Gasteiger partial charge in [0, 0.05) is 44.2 Å². The summed E-state index contributed by atoms with van der Waals surface area (Å²) >= 11 is 1.73. The summed E-state index contributed by atoms with van der Waals surface area (Å²) in [4.78, 5) is 23.6. The second-order valence-electron chi connectivity index (χ2n) is 5.48. The predicted molar refractivity (Wildman–Crippen MR) is 89.9 cm³/mol. The first-order valence-corrected chi connectivity index (χ1v) is 8.54. The molecule has 0 bridgehead atoms. The molecule has 0 spiro atoms. The van der Waals surface area contributed by atoms with Gasteiger partial charge in [-0.3, -0.25) is 15.0 Å². The molecule has 0 unspecified atom stereocenters. The maximum Gasteiger partial charge on any atom is 0.287 e. The lowest BCUT2D eigenvalue weighted by atomic mass is 10.3. The summed E-state index contributed by atoms with van der Waals surface area (Å²) in [6.07, 6.45) is 2.31. The second kappa shape index (κ2) is 7.01. The fraction of sp³-hybridized carbons (Fsp3) is 0.467. The van der Waals surface area contributed by atoms with Crippen molar-refractivity contribution in [1.29, 1.82) is 0 Å². The largest absolute Gasteiger partial charge is 0.354 e. The molecule has 0 atom stereocenters. The van der Waals surface area contributed by atoms with E-state index in [0.717, 1.165) is 50.7 Å². The number of hydrogen-bond acceptors (Lipinski definition) is 7. The third kappa shape index (κ3) is 3.83. The highest BCUT2D eigenvalue weighted by Crippen LogP contribution is 2.18. The summed E-state index contributed by atoms with van der Waals surface area (Å²) in [6.45, 7) is 6.64. The summed E-state index contributed by atoms with van der Waals surface area (Å²) in [5, 5.41) is 14.0. The van der Waals surface area contributed by atoms with Gasteiger partial charge in [0.2, 0.25) is 0 Å². The highest BCUT2D eigenvalue weighted by atomic mass is 32.1. The maximum atomic E-state index is 10.7. The van der Waals surface area contributed by atoms with Crippen molar-refractivity contribution in [3.05, 3.63) is 44.5 Å². The van der Waals surface area contributed by atoms with E-state index in [-0.39, 0.29) is 5.69 Å². The molecule has 2 aromatic rings. The minimum absolute atomic E-state index is 0.0302. The fourth-order valence-corrected chi connectivity index (χ4v) is 3.36. The van der Waals surface area contributed by atoms with Crippen LogP contribution >= 0.6 is 11.3 Å². The number of anilines is 1. The Balaban J connectivity index is 1.54. The van der Waals surface area contributed by atoms with E-state index in [0.29, 0.717) is 0 Å². The SMILES string of the molecule is CCc1nc(CN2CCN(c3ccc([N+](=O)[O-])cn3)CC2)cs1. The number of piperazine rings is 1. The molecule has 2 aromatic heterocycles. The first kappa shape index (κ1) is 15.8. The van der Waals surface area contributed by atoms with Crippen LogP contribution in [0.15, 0.2) is 23.7 Å². The number of thiazole rings is 1. The Kier molecular flexibility index (Phi) is 4.82. The summed E-state index contributed by atoms with van der Waals surface area (Å²) < 4.78 is 0. The average Bonchev–Trinajstić information content (AvgIpc) is 3.03. The third-order valence-corrected chi connectivity index (χ3v) is 4.97. The van der Waals surface area contributed by atoms with Crippen molar-refractivity contribution < 1.29 is 4.92 Å². The first-order valence-electron chi connectivity index (χ1n) is 7.66. The van der Waals surface area contributed by atoms with Crippen LogP contribution in [0.4, 0.5) is 11.5 Å². The van der Waals surface area contributed by atoms with E-state index in [2.05, 4.69) is 32.1 Å². The molecule has 1 aliphatic heterocycles. The minimum atomic E-state index is -0.423. The molecule has 23 heavy (non-hydrogen) atoms. The number of hydrogen-bond donors (Lipinski definition) is 0. The predicted octanol–water partition coefficient (Wildman–Crippen LogP) is 2.33. The monoisotopic (exact) mass is 333 g/mol. The molecule has 1 aliphatic rings. The van der Waals surface area contributed by atoms with Gasteiger partial charge in [0.25, 0.3) is 5.69 Å². The second-order valence-corrected chi connectivity index (χ2v) is 6.42. The Labute approximate surface area is 138 Å². The third-order valence-electron chi connectivity index (χ3n) is 3.93. The lowest BCUT2D eigenvalue weighted by Gasteiger charge is -2.35. The molecule has 0 N–H and O–H groups in total. The van der Waals surface area contributed by atoms with Crippen LogP contribution in [0.3, 0.4) is 0 Å². The fourth-order valence-electron chi connectivity index (χ4n) is 2.62. The average molecular weight is 333 g/mol. The van der Waals surface area contributed by atoms with E-state index >= 15 is 0 Å². The van der Waals surface area contributed by atoms with Gasteiger partial charge in [-0.15, -0.1) is 11.3 Å². The topological polar surface area (TPSA) is 75.4 Å². The number of aromatic nitrogens is 2. The highest BCUT2D eigenvalue weighted by molar-refractivity contribution is 7.09. The lowest BCUT2D eigenvalue weighted by Crippen LogP contribution is -2.46. The standard InChI is InChI=1S/C15H19N5O2S/c1-2-15-17-12(11-23-15)10-18-5-7-19(8-6-18)14-4-3-13(9-16-14)20(21)22/h3-4,9,11H,2,5-8,10H2,1H3. The molecule has 3 rings (SSSR count). The zero-order valence-electron chi connectivity index (χ0n) is 13.0. The van der Waals surface area contributed by atoms with Crippen molar-refractivity contribution in [2.24, 2.45) is 0 Å². The Hall–Kier alpha value is -2.06. The number of nitrogens with zero attached hydrogens (tertiary/aromatic N) is 5. The van der Waals surface area contributed by atoms with Crippen molar-refractivity contribution in [2.45, 2.75) is 19.9 Å². The molecule has 0 amide bonds. The molecular formula is C15H19N5O2S. The molecule has 3 heterocycles. The molecule has 0 aliphatic carbocycles. The number of rotatable bonds is 5. The Bertz CT molecular complexity index is 665.